The number of rotatable bonds is 5. The van der Waals surface area contributed by atoms with Gasteiger partial charge in [0.25, 0.3) is 0 Å². The second-order valence-electron chi connectivity index (χ2n) is 8.40. The SMILES string of the molecule is Cc1nc(CN(C)C)c2c(c1C)CN(C(=O)CC1CN(c3cccnc3)C1)C2. The highest BCUT2D eigenvalue weighted by atomic mass is 16.2. The molecule has 0 radical (unpaired) electrons. The first-order chi connectivity index (χ1) is 13.4. The smallest absolute Gasteiger partial charge is 0.223 e. The summed E-state index contributed by atoms with van der Waals surface area (Å²) >= 11 is 0. The summed E-state index contributed by atoms with van der Waals surface area (Å²) in [7, 11) is 4.12. The summed E-state index contributed by atoms with van der Waals surface area (Å²) in [6, 6.07) is 4.03. The molecule has 0 unspecified atom stereocenters. The maximum Gasteiger partial charge on any atom is 0.223 e. The molecule has 4 rings (SSSR count). The second kappa shape index (κ2) is 7.51. The predicted molar refractivity (Wildman–Crippen MR) is 110 cm³/mol. The van der Waals surface area contributed by atoms with Crippen molar-refractivity contribution in [1.82, 2.24) is 19.8 Å². The third-order valence-corrected chi connectivity index (χ3v) is 5.96. The van der Waals surface area contributed by atoms with Crippen LogP contribution in [-0.2, 0) is 24.4 Å². The Kier molecular flexibility index (Phi) is 5.06. The standard InChI is InChI=1S/C22H29N5O/c1-15-16(2)24-21(14-25(3)4)20-13-27(12-19(15)20)22(28)8-17-10-26(11-17)18-6-5-7-23-9-18/h5-7,9,17H,8,10-14H2,1-4H3. The molecule has 0 saturated carbocycles. The monoisotopic (exact) mass is 379 g/mol. The first kappa shape index (κ1) is 18.9. The van der Waals surface area contributed by atoms with Crippen LogP contribution in [0.3, 0.4) is 0 Å². The number of aryl methyl sites for hydroxylation is 1. The van der Waals surface area contributed by atoms with E-state index in [9.17, 15) is 4.79 Å². The van der Waals surface area contributed by atoms with Crippen LogP contribution in [0, 0.1) is 19.8 Å². The van der Waals surface area contributed by atoms with Gasteiger partial charge in [0.1, 0.15) is 0 Å². The lowest BCUT2D eigenvalue weighted by Crippen LogP contribution is -2.48. The summed E-state index contributed by atoms with van der Waals surface area (Å²) < 4.78 is 0. The van der Waals surface area contributed by atoms with Gasteiger partial charge in [-0.1, -0.05) is 0 Å². The molecule has 0 N–H and O–H groups in total. The van der Waals surface area contributed by atoms with Crippen LogP contribution < -0.4 is 4.90 Å². The van der Waals surface area contributed by atoms with E-state index in [4.69, 9.17) is 4.98 Å². The van der Waals surface area contributed by atoms with Crippen molar-refractivity contribution in [2.24, 2.45) is 5.92 Å². The molecule has 0 aliphatic carbocycles. The number of nitrogens with zero attached hydrogens (tertiary/aromatic N) is 5. The van der Waals surface area contributed by atoms with Crippen molar-refractivity contribution in [1.29, 1.82) is 0 Å². The summed E-state index contributed by atoms with van der Waals surface area (Å²) in [6.07, 6.45) is 4.30. The van der Waals surface area contributed by atoms with Crippen LogP contribution in [-0.4, -0.2) is 52.9 Å². The van der Waals surface area contributed by atoms with Gasteiger partial charge in [-0.2, -0.15) is 0 Å². The van der Waals surface area contributed by atoms with Gasteiger partial charge in [-0.3, -0.25) is 14.8 Å². The Morgan fingerprint density at radius 1 is 1.21 bits per heavy atom. The highest BCUT2D eigenvalue weighted by Gasteiger charge is 2.33. The molecule has 2 aromatic heterocycles. The molecule has 0 atom stereocenters. The van der Waals surface area contributed by atoms with E-state index in [0.29, 0.717) is 18.9 Å². The summed E-state index contributed by atoms with van der Waals surface area (Å²) in [5.41, 5.74) is 7.14. The summed E-state index contributed by atoms with van der Waals surface area (Å²) in [5, 5.41) is 0. The van der Waals surface area contributed by atoms with Crippen LogP contribution in [0.15, 0.2) is 24.5 Å². The lowest BCUT2D eigenvalue weighted by atomic mass is 9.95. The zero-order valence-electron chi connectivity index (χ0n) is 17.3. The first-order valence-corrected chi connectivity index (χ1v) is 9.97. The molecule has 2 aromatic rings. The van der Waals surface area contributed by atoms with Gasteiger partial charge < -0.3 is 14.7 Å². The van der Waals surface area contributed by atoms with E-state index in [1.807, 2.05) is 17.2 Å². The highest BCUT2D eigenvalue weighted by molar-refractivity contribution is 5.78. The molecule has 0 aromatic carbocycles. The number of aromatic nitrogens is 2. The third-order valence-electron chi connectivity index (χ3n) is 5.96. The number of hydrogen-bond donors (Lipinski definition) is 0. The van der Waals surface area contributed by atoms with Gasteiger partial charge in [-0.25, -0.2) is 0 Å². The Hall–Kier alpha value is -2.47. The molecular formula is C22H29N5O. The largest absolute Gasteiger partial charge is 0.370 e. The molecule has 1 amide bonds. The van der Waals surface area contributed by atoms with Gasteiger partial charge >= 0.3 is 0 Å². The van der Waals surface area contributed by atoms with Crippen molar-refractivity contribution in [3.05, 3.63) is 52.6 Å². The van der Waals surface area contributed by atoms with E-state index >= 15 is 0 Å². The lowest BCUT2D eigenvalue weighted by Gasteiger charge is -2.41. The summed E-state index contributed by atoms with van der Waals surface area (Å²) in [6.45, 7) is 8.31. The molecule has 28 heavy (non-hydrogen) atoms. The average molecular weight is 380 g/mol. The molecule has 0 bridgehead atoms. The minimum Gasteiger partial charge on any atom is -0.370 e. The third kappa shape index (κ3) is 3.61. The molecule has 0 spiro atoms. The van der Waals surface area contributed by atoms with Gasteiger partial charge in [-0.05, 0) is 56.8 Å². The molecule has 2 aliphatic heterocycles. The van der Waals surface area contributed by atoms with E-state index in [0.717, 1.165) is 43.3 Å². The van der Waals surface area contributed by atoms with Crippen LogP contribution in [0.5, 0.6) is 0 Å². The lowest BCUT2D eigenvalue weighted by molar-refractivity contribution is -0.133. The minimum absolute atomic E-state index is 0.264. The first-order valence-electron chi connectivity index (χ1n) is 9.97. The van der Waals surface area contributed by atoms with Crippen LogP contribution in [0.4, 0.5) is 5.69 Å². The second-order valence-corrected chi connectivity index (χ2v) is 8.40. The molecule has 2 aliphatic rings. The Bertz CT molecular complexity index is 874. The number of hydrogen-bond acceptors (Lipinski definition) is 5. The molecule has 4 heterocycles. The van der Waals surface area contributed by atoms with Gasteiger partial charge in [0.2, 0.25) is 5.91 Å². The number of fused-ring (bicyclic) bond motifs is 1. The quantitative estimate of drug-likeness (QED) is 0.799. The van der Waals surface area contributed by atoms with Crippen molar-refractivity contribution in [2.45, 2.75) is 39.9 Å². The topological polar surface area (TPSA) is 52.6 Å². The number of carbonyl (C=O) groups is 1. The van der Waals surface area contributed by atoms with Gasteiger partial charge in [-0.15, -0.1) is 0 Å². The van der Waals surface area contributed by atoms with E-state index in [-0.39, 0.29) is 5.91 Å². The molecule has 148 valence electrons. The Morgan fingerprint density at radius 2 is 1.96 bits per heavy atom. The summed E-state index contributed by atoms with van der Waals surface area (Å²) in [5.74, 6) is 0.693. The number of amides is 1. The molecule has 1 saturated heterocycles. The van der Waals surface area contributed by atoms with E-state index in [1.54, 1.807) is 6.20 Å². The molecule has 6 heteroatoms. The fraction of sp³-hybridized carbons (Fsp3) is 0.500. The molecule has 1 fully saturated rings. The van der Waals surface area contributed by atoms with Gasteiger partial charge in [0.05, 0.1) is 17.6 Å². The zero-order valence-corrected chi connectivity index (χ0v) is 17.3. The number of anilines is 1. The van der Waals surface area contributed by atoms with Crippen LogP contribution in [0.1, 0.15) is 34.5 Å². The zero-order chi connectivity index (χ0) is 19.8. The van der Waals surface area contributed by atoms with E-state index in [1.165, 1.54) is 16.7 Å². The van der Waals surface area contributed by atoms with E-state index < -0.39 is 0 Å². The Balaban J connectivity index is 1.39. The average Bonchev–Trinajstić information content (AvgIpc) is 3.08. The maximum atomic E-state index is 13.0. The van der Waals surface area contributed by atoms with Crippen LogP contribution in [0.25, 0.3) is 0 Å². The van der Waals surface area contributed by atoms with Crippen molar-refractivity contribution in [2.75, 3.05) is 32.1 Å². The fourth-order valence-corrected chi connectivity index (χ4v) is 4.24. The van der Waals surface area contributed by atoms with Crippen molar-refractivity contribution in [3.8, 4) is 0 Å². The van der Waals surface area contributed by atoms with Crippen molar-refractivity contribution in [3.63, 3.8) is 0 Å². The van der Waals surface area contributed by atoms with Crippen LogP contribution >= 0.6 is 0 Å². The fourth-order valence-electron chi connectivity index (χ4n) is 4.24. The normalized spacial score (nSPS) is 16.5. The Labute approximate surface area is 167 Å². The summed E-state index contributed by atoms with van der Waals surface area (Å²) in [4.78, 5) is 28.4. The number of carbonyl (C=O) groups excluding carboxylic acids is 1. The predicted octanol–water partition coefficient (Wildman–Crippen LogP) is 2.52. The van der Waals surface area contributed by atoms with Gasteiger partial charge in [0.15, 0.2) is 0 Å². The van der Waals surface area contributed by atoms with Crippen LogP contribution in [0.2, 0.25) is 0 Å². The van der Waals surface area contributed by atoms with Crippen molar-refractivity contribution >= 4 is 11.6 Å². The molecular weight excluding hydrogens is 350 g/mol. The molecule has 6 nitrogen and oxygen atoms in total. The Morgan fingerprint density at radius 3 is 2.64 bits per heavy atom. The van der Waals surface area contributed by atoms with E-state index in [2.05, 4.69) is 48.8 Å². The highest BCUT2D eigenvalue weighted by Crippen LogP contribution is 2.32. The van der Waals surface area contributed by atoms with Crippen molar-refractivity contribution < 1.29 is 4.79 Å². The number of pyridine rings is 2. The minimum atomic E-state index is 0.264. The maximum absolute atomic E-state index is 13.0. The van der Waals surface area contributed by atoms with Gasteiger partial charge in [0, 0.05) is 57.0 Å².